The quantitative estimate of drug-likeness (QED) is 0.0262. The van der Waals surface area contributed by atoms with Crippen molar-refractivity contribution in [1.82, 2.24) is 0 Å². The number of ether oxygens (including phenoxy) is 3. The van der Waals surface area contributed by atoms with Gasteiger partial charge in [-0.15, -0.1) is 0 Å². The number of rotatable bonds is 50. The summed E-state index contributed by atoms with van der Waals surface area (Å²) in [6.07, 6.45) is 66.4. The predicted molar refractivity (Wildman–Crippen MR) is 279 cm³/mol. The molecule has 0 aliphatic rings. The summed E-state index contributed by atoms with van der Waals surface area (Å²) in [6, 6.07) is 0. The molecule has 0 aromatic rings. The van der Waals surface area contributed by atoms with Gasteiger partial charge >= 0.3 is 17.9 Å². The molecule has 65 heavy (non-hydrogen) atoms. The van der Waals surface area contributed by atoms with Crippen LogP contribution in [-0.4, -0.2) is 37.2 Å². The second-order valence-electron chi connectivity index (χ2n) is 18.5. The van der Waals surface area contributed by atoms with Gasteiger partial charge in [0.1, 0.15) is 13.2 Å². The minimum Gasteiger partial charge on any atom is -0.462 e. The van der Waals surface area contributed by atoms with Crippen LogP contribution in [-0.2, 0) is 28.6 Å². The molecule has 0 aromatic carbocycles. The lowest BCUT2D eigenvalue weighted by atomic mass is 10.1. The Morgan fingerprint density at radius 2 is 0.600 bits per heavy atom. The van der Waals surface area contributed by atoms with E-state index in [1.165, 1.54) is 141 Å². The van der Waals surface area contributed by atoms with E-state index in [0.717, 1.165) is 96.3 Å². The maximum absolute atomic E-state index is 12.8. The van der Waals surface area contributed by atoms with Crippen LogP contribution in [0, 0.1) is 0 Å². The first-order valence-corrected chi connectivity index (χ1v) is 27.8. The molecule has 0 fully saturated rings. The van der Waals surface area contributed by atoms with Gasteiger partial charge in [0.2, 0.25) is 0 Å². The minimum absolute atomic E-state index is 0.0885. The predicted octanol–water partition coefficient (Wildman–Crippen LogP) is 18.4. The van der Waals surface area contributed by atoms with Gasteiger partial charge in [0.15, 0.2) is 6.10 Å². The zero-order valence-corrected chi connectivity index (χ0v) is 43.0. The SMILES string of the molecule is CC/C=C\C/C=C\C/C=C\CCCCCC(=O)OCC(COC(=O)CCCCCCCCC/C=C\CCCCCCCCC)OC(=O)CCCCCCC/C=C\CCCCCCCCC. The van der Waals surface area contributed by atoms with Gasteiger partial charge in [-0.05, 0) is 103 Å². The highest BCUT2D eigenvalue weighted by molar-refractivity contribution is 5.71. The average molecular weight is 909 g/mol. The van der Waals surface area contributed by atoms with E-state index >= 15 is 0 Å². The third-order valence-corrected chi connectivity index (χ3v) is 12.0. The topological polar surface area (TPSA) is 78.9 Å². The summed E-state index contributed by atoms with van der Waals surface area (Å²) >= 11 is 0. The Balaban J connectivity index is 4.40. The maximum Gasteiger partial charge on any atom is 0.306 e. The Kier molecular flexibility index (Phi) is 51.3. The van der Waals surface area contributed by atoms with Gasteiger partial charge in [-0.2, -0.15) is 0 Å². The van der Waals surface area contributed by atoms with E-state index in [-0.39, 0.29) is 31.1 Å². The molecule has 0 saturated carbocycles. The van der Waals surface area contributed by atoms with Crippen LogP contribution in [0.3, 0.4) is 0 Å². The van der Waals surface area contributed by atoms with E-state index < -0.39 is 6.10 Å². The fourth-order valence-electron chi connectivity index (χ4n) is 7.80. The zero-order chi connectivity index (χ0) is 47.2. The van der Waals surface area contributed by atoms with Crippen molar-refractivity contribution in [2.75, 3.05) is 13.2 Å². The Labute approximate surface area is 402 Å². The maximum atomic E-state index is 12.8. The smallest absolute Gasteiger partial charge is 0.306 e. The normalized spacial score (nSPS) is 12.5. The third kappa shape index (κ3) is 51.9. The highest BCUT2D eigenvalue weighted by atomic mass is 16.6. The van der Waals surface area contributed by atoms with E-state index in [4.69, 9.17) is 14.2 Å². The first-order valence-electron chi connectivity index (χ1n) is 27.8. The number of carbonyl (C=O) groups excluding carboxylic acids is 3. The summed E-state index contributed by atoms with van der Waals surface area (Å²) in [4.78, 5) is 38.1. The molecule has 0 saturated heterocycles. The second-order valence-corrected chi connectivity index (χ2v) is 18.5. The molecular weight excluding hydrogens is 805 g/mol. The molecule has 0 spiro atoms. The summed E-state index contributed by atoms with van der Waals surface area (Å²) in [6.45, 7) is 6.50. The van der Waals surface area contributed by atoms with Crippen LogP contribution in [0.2, 0.25) is 0 Å². The Hall–Kier alpha value is -2.89. The average Bonchev–Trinajstić information content (AvgIpc) is 3.30. The molecule has 0 N–H and O–H groups in total. The van der Waals surface area contributed by atoms with Crippen LogP contribution < -0.4 is 0 Å². The summed E-state index contributed by atoms with van der Waals surface area (Å²) in [5.74, 6) is -0.924. The van der Waals surface area contributed by atoms with Crippen molar-refractivity contribution >= 4 is 17.9 Å². The van der Waals surface area contributed by atoms with E-state index in [0.29, 0.717) is 19.3 Å². The van der Waals surface area contributed by atoms with Crippen LogP contribution in [0.15, 0.2) is 60.8 Å². The molecule has 0 aliphatic heterocycles. The lowest BCUT2D eigenvalue weighted by Crippen LogP contribution is -2.30. The molecule has 6 nitrogen and oxygen atoms in total. The molecule has 0 aliphatic carbocycles. The Morgan fingerprint density at radius 3 is 0.969 bits per heavy atom. The third-order valence-electron chi connectivity index (χ3n) is 12.0. The number of hydrogen-bond donors (Lipinski definition) is 0. The van der Waals surface area contributed by atoms with Crippen molar-refractivity contribution in [3.63, 3.8) is 0 Å². The van der Waals surface area contributed by atoms with Crippen molar-refractivity contribution < 1.29 is 28.6 Å². The van der Waals surface area contributed by atoms with Gasteiger partial charge in [0.05, 0.1) is 0 Å². The summed E-state index contributed by atoms with van der Waals surface area (Å²) < 4.78 is 16.8. The number of allylic oxidation sites excluding steroid dienone is 10. The second kappa shape index (κ2) is 53.7. The molecule has 1 atom stereocenters. The number of unbranched alkanes of at least 4 members (excludes halogenated alkanes) is 29. The van der Waals surface area contributed by atoms with Gasteiger partial charge in [-0.25, -0.2) is 0 Å². The van der Waals surface area contributed by atoms with E-state index in [2.05, 4.69) is 81.5 Å². The number of esters is 3. The molecule has 6 heteroatoms. The van der Waals surface area contributed by atoms with Crippen LogP contribution in [0.1, 0.15) is 278 Å². The van der Waals surface area contributed by atoms with Gasteiger partial charge in [-0.3, -0.25) is 14.4 Å². The molecule has 376 valence electrons. The highest BCUT2D eigenvalue weighted by Gasteiger charge is 2.19. The van der Waals surface area contributed by atoms with Gasteiger partial charge < -0.3 is 14.2 Å². The van der Waals surface area contributed by atoms with Crippen LogP contribution >= 0.6 is 0 Å². The molecule has 1 unspecified atom stereocenters. The molecule has 0 radical (unpaired) electrons. The fraction of sp³-hybridized carbons (Fsp3) is 0.780. The lowest BCUT2D eigenvalue weighted by molar-refractivity contribution is -0.167. The largest absolute Gasteiger partial charge is 0.462 e. The van der Waals surface area contributed by atoms with Crippen molar-refractivity contribution in [3.8, 4) is 0 Å². The molecular formula is C59H104O6. The van der Waals surface area contributed by atoms with Gasteiger partial charge in [-0.1, -0.05) is 216 Å². The van der Waals surface area contributed by atoms with Crippen molar-refractivity contribution in [1.29, 1.82) is 0 Å². The molecule has 0 aromatic heterocycles. The first kappa shape index (κ1) is 62.1. The van der Waals surface area contributed by atoms with Gasteiger partial charge in [0.25, 0.3) is 0 Å². The molecule has 0 heterocycles. The van der Waals surface area contributed by atoms with Crippen molar-refractivity contribution in [2.24, 2.45) is 0 Å². The molecule has 0 rings (SSSR count). The van der Waals surface area contributed by atoms with Crippen molar-refractivity contribution in [2.45, 2.75) is 284 Å². The van der Waals surface area contributed by atoms with Crippen LogP contribution in [0.5, 0.6) is 0 Å². The Morgan fingerprint density at radius 1 is 0.323 bits per heavy atom. The molecule has 0 bridgehead atoms. The minimum atomic E-state index is -0.791. The van der Waals surface area contributed by atoms with Crippen molar-refractivity contribution in [3.05, 3.63) is 60.8 Å². The van der Waals surface area contributed by atoms with E-state index in [1.54, 1.807) is 0 Å². The van der Waals surface area contributed by atoms with Gasteiger partial charge in [0, 0.05) is 19.3 Å². The number of hydrogen-bond acceptors (Lipinski definition) is 6. The van der Waals surface area contributed by atoms with Crippen LogP contribution in [0.4, 0.5) is 0 Å². The monoisotopic (exact) mass is 909 g/mol. The number of carbonyl (C=O) groups is 3. The van der Waals surface area contributed by atoms with E-state index in [1.807, 2.05) is 0 Å². The van der Waals surface area contributed by atoms with E-state index in [9.17, 15) is 14.4 Å². The standard InChI is InChI=1S/C59H104O6/c1-4-7-10-13-16-19-22-25-27-29-30-32-34-37-40-43-46-49-52-58(61)64-55-56(54-63-57(60)51-48-45-42-39-36-33-24-21-18-15-12-9-6-3)65-59(62)53-50-47-44-41-38-35-31-28-26-23-20-17-14-11-8-5-2/h9,12,18,21,27-29,31,33,36,56H,4-8,10-11,13-17,19-20,22-26,30,32,34-35,37-55H2,1-3H3/b12-9-,21-18-,29-27-,31-28-,36-33-. The lowest BCUT2D eigenvalue weighted by Gasteiger charge is -2.18. The van der Waals surface area contributed by atoms with Crippen LogP contribution in [0.25, 0.3) is 0 Å². The Bertz CT molecular complexity index is 1180. The zero-order valence-electron chi connectivity index (χ0n) is 43.0. The summed E-state index contributed by atoms with van der Waals surface area (Å²) in [5.41, 5.74) is 0. The fourth-order valence-corrected chi connectivity index (χ4v) is 7.80. The highest BCUT2D eigenvalue weighted by Crippen LogP contribution is 2.15. The first-order chi connectivity index (χ1) is 32.0. The summed E-state index contributed by atoms with van der Waals surface area (Å²) in [5, 5.41) is 0. The summed E-state index contributed by atoms with van der Waals surface area (Å²) in [7, 11) is 0. The molecule has 0 amide bonds.